The number of hydrogen-bond donors (Lipinski definition) is 0. The van der Waals surface area contributed by atoms with Crippen LogP contribution in [0.15, 0.2) is 51.4 Å². The minimum Gasteiger partial charge on any atom is -0.475 e. The van der Waals surface area contributed by atoms with E-state index in [1.54, 1.807) is 43.3 Å². The highest BCUT2D eigenvalue weighted by Gasteiger charge is 2.15. The molecule has 0 bridgehead atoms. The largest absolute Gasteiger partial charge is 0.475 e. The maximum atomic E-state index is 12.2. The van der Waals surface area contributed by atoms with Gasteiger partial charge in [-0.25, -0.2) is 4.79 Å². The number of tetrazole rings is 1. The van der Waals surface area contributed by atoms with Gasteiger partial charge in [-0.05, 0) is 47.7 Å². The van der Waals surface area contributed by atoms with Gasteiger partial charge in [0.2, 0.25) is 5.90 Å². The molecule has 1 heterocycles. The molecule has 3 aromatic rings. The second-order valence-electron chi connectivity index (χ2n) is 6.51. The van der Waals surface area contributed by atoms with E-state index in [0.29, 0.717) is 44.3 Å². The van der Waals surface area contributed by atoms with Gasteiger partial charge in [0.25, 0.3) is 0 Å². The zero-order valence-corrected chi connectivity index (χ0v) is 19.3. The van der Waals surface area contributed by atoms with Gasteiger partial charge in [0.15, 0.2) is 0 Å². The van der Waals surface area contributed by atoms with Crippen LogP contribution in [0.3, 0.4) is 0 Å². The average molecular weight is 482 g/mol. The standard InChI is InChI=1S/C20H19Cl3N6O2/c1-4-19(25-24-12(2)13-8-14(21)10-15(22)9-13)31-11-16-17(23)6-5-7-18(16)29-20(30)28(3)26-27-29/h5-10H,4,11H2,1-3H3/b24-12+,25-19+. The summed E-state index contributed by atoms with van der Waals surface area (Å²) in [5, 5.41) is 17.5. The van der Waals surface area contributed by atoms with Crippen LogP contribution in [0, 0.1) is 0 Å². The number of ether oxygens (including phenoxy) is 1. The predicted octanol–water partition coefficient (Wildman–Crippen LogP) is 4.68. The quantitative estimate of drug-likeness (QED) is 0.291. The van der Waals surface area contributed by atoms with Gasteiger partial charge in [0.1, 0.15) is 6.61 Å². The molecule has 0 fully saturated rings. The van der Waals surface area contributed by atoms with Crippen LogP contribution in [0.1, 0.15) is 31.4 Å². The van der Waals surface area contributed by atoms with Gasteiger partial charge in [-0.15, -0.1) is 5.10 Å². The maximum absolute atomic E-state index is 12.2. The molecule has 0 saturated heterocycles. The van der Waals surface area contributed by atoms with E-state index in [1.165, 1.54) is 11.7 Å². The molecule has 162 valence electrons. The van der Waals surface area contributed by atoms with E-state index < -0.39 is 5.69 Å². The third-order valence-electron chi connectivity index (χ3n) is 4.32. The van der Waals surface area contributed by atoms with Gasteiger partial charge in [-0.2, -0.15) is 14.5 Å². The van der Waals surface area contributed by atoms with Crippen LogP contribution in [0.25, 0.3) is 5.69 Å². The lowest BCUT2D eigenvalue weighted by atomic mass is 10.1. The first-order valence-corrected chi connectivity index (χ1v) is 10.4. The van der Waals surface area contributed by atoms with Crippen LogP contribution >= 0.6 is 34.8 Å². The molecule has 31 heavy (non-hydrogen) atoms. The van der Waals surface area contributed by atoms with Crippen molar-refractivity contribution in [2.24, 2.45) is 17.3 Å². The number of aromatic nitrogens is 4. The first-order valence-electron chi connectivity index (χ1n) is 9.27. The van der Waals surface area contributed by atoms with Crippen LogP contribution in [0.5, 0.6) is 0 Å². The number of benzene rings is 2. The Kier molecular flexibility index (Phi) is 7.48. The molecule has 0 aliphatic carbocycles. The third-order valence-corrected chi connectivity index (χ3v) is 5.11. The minimum atomic E-state index is -0.395. The Morgan fingerprint density at radius 1 is 1.10 bits per heavy atom. The molecule has 11 heteroatoms. The second kappa shape index (κ2) is 10.1. The Hall–Kier alpha value is -2.68. The lowest BCUT2D eigenvalue weighted by molar-refractivity contribution is 0.283. The van der Waals surface area contributed by atoms with Crippen molar-refractivity contribution in [2.75, 3.05) is 0 Å². The molecule has 3 rings (SSSR count). The van der Waals surface area contributed by atoms with Crippen LogP contribution in [0.2, 0.25) is 15.1 Å². The van der Waals surface area contributed by atoms with Crippen molar-refractivity contribution < 1.29 is 4.74 Å². The van der Waals surface area contributed by atoms with Crippen molar-refractivity contribution in [3.05, 3.63) is 73.1 Å². The van der Waals surface area contributed by atoms with Crippen LogP contribution in [-0.4, -0.2) is 31.4 Å². The highest BCUT2D eigenvalue weighted by atomic mass is 35.5. The number of nitrogens with zero attached hydrogens (tertiary/aromatic N) is 6. The summed E-state index contributed by atoms with van der Waals surface area (Å²) in [7, 11) is 1.52. The fourth-order valence-corrected chi connectivity index (χ4v) is 3.41. The van der Waals surface area contributed by atoms with Crippen molar-refractivity contribution in [3.8, 4) is 5.69 Å². The van der Waals surface area contributed by atoms with Gasteiger partial charge < -0.3 is 4.74 Å². The van der Waals surface area contributed by atoms with Gasteiger partial charge in [0.05, 0.1) is 11.4 Å². The zero-order chi connectivity index (χ0) is 22.5. The zero-order valence-electron chi connectivity index (χ0n) is 17.0. The van der Waals surface area contributed by atoms with Crippen LogP contribution in [-0.2, 0) is 18.4 Å². The second-order valence-corrected chi connectivity index (χ2v) is 7.79. The molecule has 8 nitrogen and oxygen atoms in total. The monoisotopic (exact) mass is 480 g/mol. The van der Waals surface area contributed by atoms with Crippen LogP contribution in [0.4, 0.5) is 0 Å². The summed E-state index contributed by atoms with van der Waals surface area (Å²) < 4.78 is 8.13. The lowest BCUT2D eigenvalue weighted by Crippen LogP contribution is -2.23. The first kappa shape index (κ1) is 23.0. The molecule has 0 atom stereocenters. The van der Waals surface area contributed by atoms with E-state index in [0.717, 1.165) is 10.2 Å². The minimum absolute atomic E-state index is 0.0717. The highest BCUT2D eigenvalue weighted by molar-refractivity contribution is 6.35. The van der Waals surface area contributed by atoms with Crippen molar-refractivity contribution in [1.29, 1.82) is 0 Å². The summed E-state index contributed by atoms with van der Waals surface area (Å²) >= 11 is 18.5. The number of rotatable bonds is 6. The molecular formula is C20H19Cl3N6O2. The Bertz CT molecular complexity index is 1200. The van der Waals surface area contributed by atoms with Gasteiger partial charge in [-0.1, -0.05) is 47.8 Å². The number of hydrogen-bond acceptors (Lipinski definition) is 6. The summed E-state index contributed by atoms with van der Waals surface area (Å²) in [6.07, 6.45) is 0.498. The molecule has 0 aliphatic rings. The molecule has 0 unspecified atom stereocenters. The van der Waals surface area contributed by atoms with Gasteiger partial charge >= 0.3 is 5.69 Å². The molecule has 0 saturated carbocycles. The van der Waals surface area contributed by atoms with Crippen molar-refractivity contribution in [2.45, 2.75) is 26.9 Å². The van der Waals surface area contributed by atoms with Crippen LogP contribution < -0.4 is 5.69 Å². The van der Waals surface area contributed by atoms with Crippen molar-refractivity contribution >= 4 is 46.4 Å². The number of aryl methyl sites for hydroxylation is 1. The van der Waals surface area contributed by atoms with E-state index in [-0.39, 0.29) is 6.61 Å². The van der Waals surface area contributed by atoms with E-state index in [2.05, 4.69) is 20.6 Å². The van der Waals surface area contributed by atoms with Gasteiger partial charge in [-0.3, -0.25) is 0 Å². The molecule has 1 aromatic heterocycles. The normalized spacial score (nSPS) is 12.3. The lowest BCUT2D eigenvalue weighted by Gasteiger charge is -2.12. The smallest absolute Gasteiger partial charge is 0.368 e. The Labute approximate surface area is 193 Å². The summed E-state index contributed by atoms with van der Waals surface area (Å²) in [4.78, 5) is 12.2. The van der Waals surface area contributed by atoms with Crippen molar-refractivity contribution in [3.63, 3.8) is 0 Å². The van der Waals surface area contributed by atoms with Crippen molar-refractivity contribution in [1.82, 2.24) is 19.8 Å². The SMILES string of the molecule is CC/C(=N\N=C(/C)c1cc(Cl)cc(Cl)c1)OCc1c(Cl)cccc1-n1nnn(C)c1=O. The number of halogens is 3. The topological polar surface area (TPSA) is 86.7 Å². The van der Waals surface area contributed by atoms with E-state index in [9.17, 15) is 4.79 Å². The van der Waals surface area contributed by atoms with E-state index in [1.807, 2.05) is 6.92 Å². The highest BCUT2D eigenvalue weighted by Crippen LogP contribution is 2.23. The Morgan fingerprint density at radius 3 is 2.42 bits per heavy atom. The summed E-state index contributed by atoms with van der Waals surface area (Å²) in [6.45, 7) is 3.76. The summed E-state index contributed by atoms with van der Waals surface area (Å²) in [5.74, 6) is 0.393. The molecule has 0 radical (unpaired) electrons. The molecule has 0 N–H and O–H groups in total. The molecule has 0 aliphatic heterocycles. The third kappa shape index (κ3) is 5.52. The van der Waals surface area contributed by atoms with Gasteiger partial charge in [0, 0.05) is 39.7 Å². The summed E-state index contributed by atoms with van der Waals surface area (Å²) in [6, 6.07) is 10.3. The molecule has 0 amide bonds. The Balaban J connectivity index is 1.84. The van der Waals surface area contributed by atoms with E-state index >= 15 is 0 Å². The van der Waals surface area contributed by atoms with E-state index in [4.69, 9.17) is 39.5 Å². The average Bonchev–Trinajstić information content (AvgIpc) is 3.06. The fourth-order valence-electron chi connectivity index (χ4n) is 2.66. The molecule has 2 aromatic carbocycles. The first-order chi connectivity index (χ1) is 14.8. The maximum Gasteiger partial charge on any atom is 0.368 e. The molecular weight excluding hydrogens is 463 g/mol. The fraction of sp³-hybridized carbons (Fsp3) is 0.250. The molecule has 0 spiro atoms. The predicted molar refractivity (Wildman–Crippen MR) is 123 cm³/mol. The Morgan fingerprint density at radius 2 is 1.81 bits per heavy atom. The summed E-state index contributed by atoms with van der Waals surface area (Å²) in [5.41, 5.74) is 2.05.